The lowest BCUT2D eigenvalue weighted by atomic mass is 10.0. The molecule has 0 aliphatic heterocycles. The fourth-order valence-electron chi connectivity index (χ4n) is 2.67. The number of aryl methyl sites for hydroxylation is 2. The number of fused-ring (bicyclic) bond motifs is 1. The van der Waals surface area contributed by atoms with Crippen molar-refractivity contribution >= 4 is 22.4 Å². The molecule has 0 radical (unpaired) electrons. The van der Waals surface area contributed by atoms with E-state index in [2.05, 4.69) is 17.6 Å². The molecule has 1 aliphatic carbocycles. The maximum atomic E-state index is 12.8. The van der Waals surface area contributed by atoms with Crippen LogP contribution in [-0.4, -0.2) is 17.4 Å². The van der Waals surface area contributed by atoms with Crippen LogP contribution in [0.3, 0.4) is 0 Å². The number of hydrogen-bond donors (Lipinski definition) is 0. The largest absolute Gasteiger partial charge is 0.280 e. The van der Waals surface area contributed by atoms with Gasteiger partial charge >= 0.3 is 0 Å². The van der Waals surface area contributed by atoms with Gasteiger partial charge in [-0.2, -0.15) is 5.26 Å². The smallest absolute Gasteiger partial charge is 0.260 e. The van der Waals surface area contributed by atoms with Gasteiger partial charge in [0.2, 0.25) is 0 Å². The molecule has 1 heterocycles. The molecular formula is C18H17N3OS. The summed E-state index contributed by atoms with van der Waals surface area (Å²) in [5.41, 5.74) is 2.23. The molecule has 0 unspecified atom stereocenters. The Morgan fingerprint density at radius 2 is 2.09 bits per heavy atom. The Morgan fingerprint density at radius 3 is 2.74 bits per heavy atom. The predicted octanol–water partition coefficient (Wildman–Crippen LogP) is 3.73. The second-order valence-electron chi connectivity index (χ2n) is 5.47. The number of anilines is 1. The van der Waals surface area contributed by atoms with Crippen LogP contribution in [0.15, 0.2) is 36.9 Å². The number of nitriles is 1. The van der Waals surface area contributed by atoms with Gasteiger partial charge in [-0.05, 0) is 49.9 Å². The number of nitrogens with zero attached hydrogens (tertiary/aromatic N) is 3. The molecule has 0 atom stereocenters. The van der Waals surface area contributed by atoms with Crippen molar-refractivity contribution in [2.75, 3.05) is 11.4 Å². The van der Waals surface area contributed by atoms with Crippen LogP contribution in [0.25, 0.3) is 0 Å². The highest BCUT2D eigenvalue weighted by molar-refractivity contribution is 7.16. The fraction of sp³-hybridized carbons (Fsp3) is 0.278. The number of rotatable bonds is 4. The molecular weight excluding hydrogens is 306 g/mol. The zero-order valence-corrected chi connectivity index (χ0v) is 13.6. The van der Waals surface area contributed by atoms with Crippen molar-refractivity contribution in [3.05, 3.63) is 58.6 Å². The van der Waals surface area contributed by atoms with Crippen LogP contribution in [-0.2, 0) is 12.8 Å². The average molecular weight is 323 g/mol. The maximum Gasteiger partial charge on any atom is 0.260 e. The summed E-state index contributed by atoms with van der Waals surface area (Å²) in [6.45, 7) is 4.17. The number of hydrogen-bond acceptors (Lipinski definition) is 4. The van der Waals surface area contributed by atoms with E-state index in [0.717, 1.165) is 23.7 Å². The predicted molar refractivity (Wildman–Crippen MR) is 91.8 cm³/mol. The zero-order chi connectivity index (χ0) is 16.2. The monoisotopic (exact) mass is 323 g/mol. The Kier molecular flexibility index (Phi) is 4.54. The third-order valence-corrected chi connectivity index (χ3v) is 5.06. The van der Waals surface area contributed by atoms with Crippen LogP contribution in [0.2, 0.25) is 0 Å². The van der Waals surface area contributed by atoms with Gasteiger partial charge in [-0.3, -0.25) is 9.69 Å². The van der Waals surface area contributed by atoms with Gasteiger partial charge in [0, 0.05) is 17.0 Å². The van der Waals surface area contributed by atoms with Crippen LogP contribution in [0.1, 0.15) is 39.3 Å². The number of amides is 1. The second kappa shape index (κ2) is 6.76. The maximum absolute atomic E-state index is 12.8. The van der Waals surface area contributed by atoms with E-state index in [1.54, 1.807) is 46.6 Å². The average Bonchev–Trinajstić information content (AvgIpc) is 3.03. The molecule has 1 amide bonds. The molecule has 5 heteroatoms. The van der Waals surface area contributed by atoms with Crippen molar-refractivity contribution in [3.8, 4) is 6.07 Å². The van der Waals surface area contributed by atoms with Crippen LogP contribution in [0.5, 0.6) is 0 Å². The van der Waals surface area contributed by atoms with Gasteiger partial charge in [0.05, 0.1) is 17.3 Å². The highest BCUT2D eigenvalue weighted by Crippen LogP contribution is 2.32. The third-order valence-electron chi connectivity index (χ3n) is 3.88. The number of carbonyl (C=O) groups excluding carboxylic acids is 1. The molecule has 0 fully saturated rings. The first-order valence-electron chi connectivity index (χ1n) is 7.64. The van der Waals surface area contributed by atoms with E-state index in [1.165, 1.54) is 17.7 Å². The Hall–Kier alpha value is -2.45. The number of aromatic nitrogens is 1. The Morgan fingerprint density at radius 1 is 1.35 bits per heavy atom. The van der Waals surface area contributed by atoms with E-state index in [4.69, 9.17) is 5.26 Å². The summed E-state index contributed by atoms with van der Waals surface area (Å²) in [4.78, 5) is 20.4. The highest BCUT2D eigenvalue weighted by atomic mass is 32.1. The van der Waals surface area contributed by atoms with E-state index < -0.39 is 0 Å². The van der Waals surface area contributed by atoms with Gasteiger partial charge in [-0.15, -0.1) is 17.9 Å². The van der Waals surface area contributed by atoms with Crippen molar-refractivity contribution < 1.29 is 4.79 Å². The molecule has 0 N–H and O–H groups in total. The molecule has 1 aromatic carbocycles. The summed E-state index contributed by atoms with van der Waals surface area (Å²) in [6, 6.07) is 8.75. The van der Waals surface area contributed by atoms with Crippen LogP contribution in [0.4, 0.5) is 5.13 Å². The first kappa shape index (κ1) is 15.4. The van der Waals surface area contributed by atoms with Gasteiger partial charge in [0.15, 0.2) is 5.13 Å². The standard InChI is InChI=1S/C18H17N3OS/c1-2-11-21(17(22)14-9-7-13(12-19)8-10-14)18-20-15-5-3-4-6-16(15)23-18/h2,7-10H,1,3-6,11H2. The van der Waals surface area contributed by atoms with Crippen LogP contribution in [0, 0.1) is 11.3 Å². The molecule has 2 aromatic rings. The van der Waals surface area contributed by atoms with E-state index in [0.29, 0.717) is 17.7 Å². The van der Waals surface area contributed by atoms with Gasteiger partial charge in [0.1, 0.15) is 0 Å². The third kappa shape index (κ3) is 3.17. The molecule has 1 aromatic heterocycles. The lowest BCUT2D eigenvalue weighted by Gasteiger charge is -2.18. The summed E-state index contributed by atoms with van der Waals surface area (Å²) in [7, 11) is 0. The fourth-order valence-corrected chi connectivity index (χ4v) is 3.83. The zero-order valence-electron chi connectivity index (χ0n) is 12.8. The minimum absolute atomic E-state index is 0.111. The van der Waals surface area contributed by atoms with Gasteiger partial charge < -0.3 is 0 Å². The Labute approximate surface area is 139 Å². The molecule has 4 nitrogen and oxygen atoms in total. The van der Waals surface area contributed by atoms with E-state index in [-0.39, 0.29) is 5.91 Å². The molecule has 1 aliphatic rings. The second-order valence-corrected chi connectivity index (χ2v) is 6.53. The number of benzene rings is 1. The summed E-state index contributed by atoms with van der Waals surface area (Å²) in [5, 5.41) is 9.61. The van der Waals surface area contributed by atoms with Crippen molar-refractivity contribution in [3.63, 3.8) is 0 Å². The van der Waals surface area contributed by atoms with Crippen molar-refractivity contribution in [2.45, 2.75) is 25.7 Å². The number of carbonyl (C=O) groups is 1. The van der Waals surface area contributed by atoms with Crippen LogP contribution < -0.4 is 4.90 Å². The first-order chi connectivity index (χ1) is 11.2. The molecule has 3 rings (SSSR count). The molecule has 23 heavy (non-hydrogen) atoms. The summed E-state index contributed by atoms with van der Waals surface area (Å²) < 4.78 is 0. The topological polar surface area (TPSA) is 57.0 Å². The summed E-state index contributed by atoms with van der Waals surface area (Å²) in [6.07, 6.45) is 6.13. The quantitative estimate of drug-likeness (QED) is 0.806. The van der Waals surface area contributed by atoms with E-state index in [9.17, 15) is 4.79 Å². The number of thiazole rings is 1. The van der Waals surface area contributed by atoms with Crippen molar-refractivity contribution in [1.82, 2.24) is 4.98 Å². The first-order valence-corrected chi connectivity index (χ1v) is 8.46. The van der Waals surface area contributed by atoms with Crippen LogP contribution >= 0.6 is 11.3 Å². The SMILES string of the molecule is C=CCN(C(=O)c1ccc(C#N)cc1)c1nc2c(s1)CCCC2. The molecule has 0 saturated carbocycles. The van der Waals surface area contributed by atoms with E-state index >= 15 is 0 Å². The summed E-state index contributed by atoms with van der Waals surface area (Å²) in [5.74, 6) is -0.111. The van der Waals surface area contributed by atoms with Crippen molar-refractivity contribution in [2.24, 2.45) is 0 Å². The van der Waals surface area contributed by atoms with Crippen molar-refractivity contribution in [1.29, 1.82) is 5.26 Å². The molecule has 0 saturated heterocycles. The lowest BCUT2D eigenvalue weighted by Crippen LogP contribution is -2.31. The molecule has 0 bridgehead atoms. The van der Waals surface area contributed by atoms with Gasteiger partial charge in [0.25, 0.3) is 5.91 Å². The van der Waals surface area contributed by atoms with Gasteiger partial charge in [-0.1, -0.05) is 6.08 Å². The normalized spacial score (nSPS) is 13.0. The minimum Gasteiger partial charge on any atom is -0.280 e. The lowest BCUT2D eigenvalue weighted by molar-refractivity contribution is 0.0989. The van der Waals surface area contributed by atoms with E-state index in [1.807, 2.05) is 0 Å². The summed E-state index contributed by atoms with van der Waals surface area (Å²) >= 11 is 1.61. The van der Waals surface area contributed by atoms with Gasteiger partial charge in [-0.25, -0.2) is 4.98 Å². The Balaban J connectivity index is 1.91. The molecule has 116 valence electrons. The molecule has 0 spiro atoms. The highest BCUT2D eigenvalue weighted by Gasteiger charge is 2.23. The minimum atomic E-state index is -0.111. The Bertz CT molecular complexity index is 747.